The summed E-state index contributed by atoms with van der Waals surface area (Å²) in [5.74, 6) is 0.700. The zero-order chi connectivity index (χ0) is 11.4. The number of ketones is 1. The Morgan fingerprint density at radius 2 is 2.13 bits per heavy atom. The summed E-state index contributed by atoms with van der Waals surface area (Å²) >= 11 is 3.52. The predicted octanol–water partition coefficient (Wildman–Crippen LogP) is 3.92. The Balaban J connectivity index is 2.72. The first-order valence-corrected chi connectivity index (χ1v) is 6.03. The maximum Gasteiger partial charge on any atom is 0.130 e. The van der Waals surface area contributed by atoms with Gasteiger partial charge in [-0.1, -0.05) is 35.0 Å². The van der Waals surface area contributed by atoms with Crippen molar-refractivity contribution in [1.82, 2.24) is 0 Å². The van der Waals surface area contributed by atoms with Crippen molar-refractivity contribution in [3.8, 4) is 0 Å². The van der Waals surface area contributed by atoms with Crippen LogP contribution in [-0.2, 0) is 11.2 Å². The summed E-state index contributed by atoms with van der Waals surface area (Å²) in [5, 5.41) is 0. The molecule has 0 fully saturated rings. The van der Waals surface area contributed by atoms with Gasteiger partial charge < -0.3 is 4.79 Å². The van der Waals surface area contributed by atoms with E-state index >= 15 is 0 Å². The quantitative estimate of drug-likeness (QED) is 0.809. The minimum atomic E-state index is 0.273. The van der Waals surface area contributed by atoms with Gasteiger partial charge in [-0.25, -0.2) is 0 Å². The number of Topliss-reactive ketones (excluding diaryl/α,β-unsaturated/α-hetero) is 1. The van der Waals surface area contributed by atoms with Crippen LogP contribution in [0.15, 0.2) is 22.7 Å². The molecular formula is C13H17BrO. The van der Waals surface area contributed by atoms with Gasteiger partial charge in [0.1, 0.15) is 5.78 Å². The van der Waals surface area contributed by atoms with Crippen LogP contribution in [0, 0.1) is 12.8 Å². The molecule has 0 aliphatic carbocycles. The second-order valence-corrected chi connectivity index (χ2v) is 5.09. The van der Waals surface area contributed by atoms with Crippen LogP contribution in [0.5, 0.6) is 0 Å². The monoisotopic (exact) mass is 268 g/mol. The molecule has 0 bridgehead atoms. The topological polar surface area (TPSA) is 17.1 Å². The largest absolute Gasteiger partial charge is 0.300 e. The fourth-order valence-electron chi connectivity index (χ4n) is 1.81. The molecule has 82 valence electrons. The van der Waals surface area contributed by atoms with E-state index in [1.165, 1.54) is 11.1 Å². The summed E-state index contributed by atoms with van der Waals surface area (Å²) < 4.78 is 1.15. The van der Waals surface area contributed by atoms with E-state index in [4.69, 9.17) is 0 Å². The van der Waals surface area contributed by atoms with Crippen LogP contribution in [0.4, 0.5) is 0 Å². The molecule has 1 aromatic rings. The Morgan fingerprint density at radius 1 is 1.47 bits per heavy atom. The molecule has 15 heavy (non-hydrogen) atoms. The molecular weight excluding hydrogens is 252 g/mol. The average molecular weight is 269 g/mol. The van der Waals surface area contributed by atoms with Crippen LogP contribution in [0.2, 0.25) is 0 Å². The standard InChI is InChI=1S/C13H17BrO/c1-9(7-10(2)15)8-12-5-4-6-13(14)11(12)3/h4-6,9H,7-8H2,1-3H3. The van der Waals surface area contributed by atoms with E-state index in [0.29, 0.717) is 12.3 Å². The smallest absolute Gasteiger partial charge is 0.130 e. The van der Waals surface area contributed by atoms with E-state index in [1.807, 2.05) is 6.07 Å². The molecule has 0 saturated heterocycles. The van der Waals surface area contributed by atoms with Crippen molar-refractivity contribution in [1.29, 1.82) is 0 Å². The van der Waals surface area contributed by atoms with E-state index in [0.717, 1.165) is 10.9 Å². The van der Waals surface area contributed by atoms with E-state index < -0.39 is 0 Å². The van der Waals surface area contributed by atoms with Gasteiger partial charge in [0.05, 0.1) is 0 Å². The van der Waals surface area contributed by atoms with Crippen molar-refractivity contribution in [2.24, 2.45) is 5.92 Å². The lowest BCUT2D eigenvalue weighted by atomic mass is 9.94. The second-order valence-electron chi connectivity index (χ2n) is 4.24. The molecule has 0 radical (unpaired) electrons. The minimum Gasteiger partial charge on any atom is -0.300 e. The first kappa shape index (κ1) is 12.4. The van der Waals surface area contributed by atoms with E-state index in [2.05, 4.69) is 41.9 Å². The molecule has 1 atom stereocenters. The van der Waals surface area contributed by atoms with Crippen molar-refractivity contribution >= 4 is 21.7 Å². The molecule has 0 aromatic heterocycles. The summed E-state index contributed by atoms with van der Waals surface area (Å²) in [7, 11) is 0. The van der Waals surface area contributed by atoms with Gasteiger partial charge in [-0.05, 0) is 43.4 Å². The normalized spacial score (nSPS) is 12.5. The summed E-state index contributed by atoms with van der Waals surface area (Å²) in [6, 6.07) is 6.23. The van der Waals surface area contributed by atoms with Gasteiger partial charge in [0.15, 0.2) is 0 Å². The highest BCUT2D eigenvalue weighted by molar-refractivity contribution is 9.10. The average Bonchev–Trinajstić information content (AvgIpc) is 2.11. The number of carbonyl (C=O) groups is 1. The van der Waals surface area contributed by atoms with Gasteiger partial charge in [0.25, 0.3) is 0 Å². The third-order valence-corrected chi connectivity index (χ3v) is 3.44. The van der Waals surface area contributed by atoms with Gasteiger partial charge >= 0.3 is 0 Å². The van der Waals surface area contributed by atoms with Crippen molar-refractivity contribution in [2.45, 2.75) is 33.6 Å². The summed E-state index contributed by atoms with van der Waals surface area (Å²) in [6.07, 6.45) is 1.65. The van der Waals surface area contributed by atoms with Crippen molar-refractivity contribution in [3.63, 3.8) is 0 Å². The molecule has 0 amide bonds. The predicted molar refractivity (Wildman–Crippen MR) is 67.0 cm³/mol. The van der Waals surface area contributed by atoms with E-state index in [9.17, 15) is 4.79 Å². The van der Waals surface area contributed by atoms with Gasteiger partial charge in [0.2, 0.25) is 0 Å². The number of carbonyl (C=O) groups excluding carboxylic acids is 1. The Hall–Kier alpha value is -0.630. The van der Waals surface area contributed by atoms with Crippen LogP contribution in [0.1, 0.15) is 31.4 Å². The van der Waals surface area contributed by atoms with Crippen LogP contribution < -0.4 is 0 Å². The number of hydrogen-bond acceptors (Lipinski definition) is 1. The molecule has 0 N–H and O–H groups in total. The number of hydrogen-bond donors (Lipinski definition) is 0. The Bertz CT molecular complexity index is 358. The molecule has 0 aliphatic rings. The van der Waals surface area contributed by atoms with Gasteiger partial charge in [-0.2, -0.15) is 0 Å². The van der Waals surface area contributed by atoms with Crippen LogP contribution >= 0.6 is 15.9 Å². The highest BCUT2D eigenvalue weighted by Crippen LogP contribution is 2.22. The molecule has 1 aromatic carbocycles. The van der Waals surface area contributed by atoms with Crippen LogP contribution in [0.25, 0.3) is 0 Å². The molecule has 2 heteroatoms. The SMILES string of the molecule is CC(=O)CC(C)Cc1cccc(Br)c1C. The zero-order valence-corrected chi connectivity index (χ0v) is 11.1. The first-order chi connectivity index (χ1) is 7.00. The molecule has 1 unspecified atom stereocenters. The highest BCUT2D eigenvalue weighted by Gasteiger charge is 2.09. The maximum atomic E-state index is 11.0. The molecule has 1 rings (SSSR count). The minimum absolute atomic E-state index is 0.273. The summed E-state index contributed by atoms with van der Waals surface area (Å²) in [5.41, 5.74) is 2.62. The lowest BCUT2D eigenvalue weighted by molar-refractivity contribution is -0.117. The Morgan fingerprint density at radius 3 is 2.73 bits per heavy atom. The zero-order valence-electron chi connectivity index (χ0n) is 9.51. The lowest BCUT2D eigenvalue weighted by Crippen LogP contribution is -2.06. The van der Waals surface area contributed by atoms with Gasteiger partial charge in [-0.15, -0.1) is 0 Å². The lowest BCUT2D eigenvalue weighted by Gasteiger charge is -2.12. The third kappa shape index (κ3) is 3.78. The van der Waals surface area contributed by atoms with Crippen LogP contribution in [-0.4, -0.2) is 5.78 Å². The summed E-state index contributed by atoms with van der Waals surface area (Å²) in [6.45, 7) is 5.89. The number of benzene rings is 1. The fraction of sp³-hybridized carbons (Fsp3) is 0.462. The molecule has 0 saturated carbocycles. The molecule has 0 heterocycles. The van der Waals surface area contributed by atoms with Crippen molar-refractivity contribution in [3.05, 3.63) is 33.8 Å². The Labute approximate surface area is 100 Å². The maximum absolute atomic E-state index is 11.0. The van der Waals surface area contributed by atoms with E-state index in [1.54, 1.807) is 6.92 Å². The fourth-order valence-corrected chi connectivity index (χ4v) is 2.22. The van der Waals surface area contributed by atoms with Crippen molar-refractivity contribution in [2.75, 3.05) is 0 Å². The summed E-state index contributed by atoms with van der Waals surface area (Å²) in [4.78, 5) is 11.0. The van der Waals surface area contributed by atoms with Crippen LogP contribution in [0.3, 0.4) is 0 Å². The Kier molecular flexibility index (Phi) is 4.52. The highest BCUT2D eigenvalue weighted by atomic mass is 79.9. The first-order valence-electron chi connectivity index (χ1n) is 5.24. The number of rotatable bonds is 4. The molecule has 0 aliphatic heterocycles. The third-order valence-electron chi connectivity index (χ3n) is 2.58. The van der Waals surface area contributed by atoms with Gasteiger partial charge in [-0.3, -0.25) is 0 Å². The van der Waals surface area contributed by atoms with E-state index in [-0.39, 0.29) is 5.78 Å². The van der Waals surface area contributed by atoms with Crippen molar-refractivity contribution < 1.29 is 4.79 Å². The second kappa shape index (κ2) is 5.45. The number of halogens is 1. The molecule has 1 nitrogen and oxygen atoms in total. The van der Waals surface area contributed by atoms with Gasteiger partial charge in [0, 0.05) is 10.9 Å². The molecule has 0 spiro atoms.